The molecule has 2 aromatic rings. The summed E-state index contributed by atoms with van der Waals surface area (Å²) in [5.41, 5.74) is 0.554. The van der Waals surface area contributed by atoms with E-state index in [0.717, 1.165) is 0 Å². The van der Waals surface area contributed by atoms with Crippen molar-refractivity contribution in [2.45, 2.75) is 25.6 Å². The molecule has 0 fully saturated rings. The van der Waals surface area contributed by atoms with E-state index in [0.29, 0.717) is 12.0 Å². The van der Waals surface area contributed by atoms with Gasteiger partial charge < -0.3 is 14.8 Å². The normalized spacial score (nSPS) is 11.1. The second-order valence-electron chi connectivity index (χ2n) is 5.57. The summed E-state index contributed by atoms with van der Waals surface area (Å²) in [5.74, 6) is -0.775. The van der Waals surface area contributed by atoms with Crippen molar-refractivity contribution < 1.29 is 31.8 Å². The summed E-state index contributed by atoms with van der Waals surface area (Å²) in [6.45, 7) is -1.13. The number of pyridine rings is 1. The first-order chi connectivity index (χ1) is 12.8. The molecule has 0 radical (unpaired) electrons. The Balaban J connectivity index is 1.68. The van der Waals surface area contributed by atoms with Gasteiger partial charge >= 0.3 is 6.18 Å². The molecule has 0 aliphatic heterocycles. The van der Waals surface area contributed by atoms with Crippen LogP contribution >= 0.6 is 0 Å². The summed E-state index contributed by atoms with van der Waals surface area (Å²) in [6, 6.07) is 8.86. The first kappa shape index (κ1) is 20.5. The lowest BCUT2D eigenvalue weighted by molar-refractivity contribution is -0.154. The highest BCUT2D eigenvalue weighted by Gasteiger charge is 2.28. The number of nitrogens with one attached hydrogen (secondary N) is 1. The number of ether oxygens (including phenoxy) is 2. The third-order valence-electron chi connectivity index (χ3n) is 3.32. The van der Waals surface area contributed by atoms with Crippen molar-refractivity contribution in [2.75, 3.05) is 13.2 Å². The summed E-state index contributed by atoms with van der Waals surface area (Å²) >= 11 is 0. The SMILES string of the molecule is O=C(CCCOc1ccccc1F)NCc1ccnc(OCC(F)(F)F)c1. The molecule has 1 aromatic carbocycles. The molecule has 0 spiro atoms. The van der Waals surface area contributed by atoms with Gasteiger partial charge in [0.25, 0.3) is 0 Å². The molecule has 1 amide bonds. The van der Waals surface area contributed by atoms with Crippen LogP contribution in [0.4, 0.5) is 17.6 Å². The molecule has 0 unspecified atom stereocenters. The first-order valence-electron chi connectivity index (χ1n) is 8.12. The Kier molecular flexibility index (Phi) is 7.39. The lowest BCUT2D eigenvalue weighted by Crippen LogP contribution is -2.23. The van der Waals surface area contributed by atoms with Gasteiger partial charge in [0, 0.05) is 25.2 Å². The van der Waals surface area contributed by atoms with Crippen LogP contribution in [-0.2, 0) is 11.3 Å². The average Bonchev–Trinajstić information content (AvgIpc) is 2.63. The molecule has 5 nitrogen and oxygen atoms in total. The van der Waals surface area contributed by atoms with Crippen LogP contribution in [0, 0.1) is 5.82 Å². The zero-order valence-corrected chi connectivity index (χ0v) is 14.3. The number of amides is 1. The van der Waals surface area contributed by atoms with Crippen molar-refractivity contribution in [1.82, 2.24) is 10.3 Å². The highest BCUT2D eigenvalue weighted by molar-refractivity contribution is 5.75. The number of hydrogen-bond acceptors (Lipinski definition) is 4. The predicted octanol–water partition coefficient (Wildman–Crippen LogP) is 3.64. The maximum absolute atomic E-state index is 13.4. The summed E-state index contributed by atoms with van der Waals surface area (Å²) in [6.07, 6.45) is -2.60. The van der Waals surface area contributed by atoms with Gasteiger partial charge in [-0.2, -0.15) is 13.2 Å². The number of nitrogens with zero attached hydrogens (tertiary/aromatic N) is 1. The van der Waals surface area contributed by atoms with Crippen molar-refractivity contribution >= 4 is 5.91 Å². The molecule has 27 heavy (non-hydrogen) atoms. The minimum absolute atomic E-state index is 0.123. The van der Waals surface area contributed by atoms with E-state index in [1.165, 1.54) is 24.4 Å². The van der Waals surface area contributed by atoms with Crippen LogP contribution in [0.2, 0.25) is 0 Å². The number of benzene rings is 1. The van der Waals surface area contributed by atoms with Gasteiger partial charge in [0.2, 0.25) is 11.8 Å². The summed E-state index contributed by atoms with van der Waals surface area (Å²) in [4.78, 5) is 15.5. The van der Waals surface area contributed by atoms with E-state index in [9.17, 15) is 22.4 Å². The second kappa shape index (κ2) is 9.75. The van der Waals surface area contributed by atoms with Crippen LogP contribution in [0.1, 0.15) is 18.4 Å². The molecule has 0 aliphatic carbocycles. The van der Waals surface area contributed by atoms with Crippen LogP contribution in [0.15, 0.2) is 42.6 Å². The van der Waals surface area contributed by atoms with Gasteiger partial charge in [-0.25, -0.2) is 9.37 Å². The number of carbonyl (C=O) groups excluding carboxylic acids is 1. The Labute approximate surface area is 153 Å². The smallest absolute Gasteiger partial charge is 0.422 e. The Morgan fingerprint density at radius 3 is 2.67 bits per heavy atom. The van der Waals surface area contributed by atoms with E-state index in [4.69, 9.17) is 4.74 Å². The average molecular weight is 386 g/mol. The molecule has 1 aromatic heterocycles. The monoisotopic (exact) mass is 386 g/mol. The van der Waals surface area contributed by atoms with Gasteiger partial charge in [0.05, 0.1) is 6.61 Å². The van der Waals surface area contributed by atoms with Gasteiger partial charge in [0.1, 0.15) is 0 Å². The highest BCUT2D eigenvalue weighted by Crippen LogP contribution is 2.18. The number of aromatic nitrogens is 1. The first-order valence-corrected chi connectivity index (χ1v) is 8.12. The van der Waals surface area contributed by atoms with Crippen LogP contribution in [0.25, 0.3) is 0 Å². The third kappa shape index (κ3) is 7.93. The maximum Gasteiger partial charge on any atom is 0.422 e. The third-order valence-corrected chi connectivity index (χ3v) is 3.32. The van der Waals surface area contributed by atoms with Crippen LogP contribution < -0.4 is 14.8 Å². The molecule has 146 valence electrons. The van der Waals surface area contributed by atoms with Gasteiger partial charge in [-0.05, 0) is 30.2 Å². The van der Waals surface area contributed by atoms with Crippen LogP contribution in [0.3, 0.4) is 0 Å². The van der Waals surface area contributed by atoms with Crippen molar-refractivity contribution in [2.24, 2.45) is 0 Å². The van der Waals surface area contributed by atoms with Crippen molar-refractivity contribution in [3.63, 3.8) is 0 Å². The van der Waals surface area contributed by atoms with E-state index in [2.05, 4.69) is 15.0 Å². The Morgan fingerprint density at radius 1 is 1.15 bits per heavy atom. The summed E-state index contributed by atoms with van der Waals surface area (Å²) in [7, 11) is 0. The molecule has 9 heteroatoms. The van der Waals surface area contributed by atoms with E-state index in [-0.39, 0.29) is 37.1 Å². The summed E-state index contributed by atoms with van der Waals surface area (Å²) < 4.78 is 59.6. The Morgan fingerprint density at radius 2 is 1.93 bits per heavy atom. The van der Waals surface area contributed by atoms with Crippen molar-refractivity contribution in [1.29, 1.82) is 0 Å². The molecule has 2 rings (SSSR count). The van der Waals surface area contributed by atoms with E-state index in [1.807, 2.05) is 0 Å². The zero-order valence-electron chi connectivity index (χ0n) is 14.3. The quantitative estimate of drug-likeness (QED) is 0.528. The number of halogens is 4. The topological polar surface area (TPSA) is 60.5 Å². The Hall–Kier alpha value is -2.84. The van der Waals surface area contributed by atoms with Gasteiger partial charge in [-0.15, -0.1) is 0 Å². The number of hydrogen-bond donors (Lipinski definition) is 1. The number of para-hydroxylation sites is 1. The maximum atomic E-state index is 13.4. The molecular weight excluding hydrogens is 368 g/mol. The molecule has 0 aliphatic rings. The standard InChI is InChI=1S/C18H18F4N2O3/c19-14-4-1-2-5-15(14)26-9-3-6-16(25)24-11-13-7-8-23-17(10-13)27-12-18(20,21)22/h1-2,4-5,7-8,10H,3,6,9,11-12H2,(H,24,25). The number of rotatable bonds is 9. The molecule has 0 bridgehead atoms. The van der Waals surface area contributed by atoms with Crippen molar-refractivity contribution in [3.8, 4) is 11.6 Å². The minimum Gasteiger partial charge on any atom is -0.491 e. The van der Waals surface area contributed by atoms with Gasteiger partial charge in [0.15, 0.2) is 18.2 Å². The molecule has 0 saturated heterocycles. The highest BCUT2D eigenvalue weighted by atomic mass is 19.4. The van der Waals surface area contributed by atoms with Crippen LogP contribution in [-0.4, -0.2) is 30.3 Å². The van der Waals surface area contributed by atoms with Gasteiger partial charge in [-0.1, -0.05) is 12.1 Å². The molecule has 0 atom stereocenters. The van der Waals surface area contributed by atoms with E-state index < -0.39 is 18.6 Å². The minimum atomic E-state index is -4.45. The summed E-state index contributed by atoms with van der Waals surface area (Å²) in [5, 5.41) is 2.63. The molecule has 1 N–H and O–H groups in total. The zero-order chi connectivity index (χ0) is 19.7. The molecule has 1 heterocycles. The Bertz CT molecular complexity index is 753. The lowest BCUT2D eigenvalue weighted by atomic mass is 10.2. The largest absolute Gasteiger partial charge is 0.491 e. The lowest BCUT2D eigenvalue weighted by Gasteiger charge is -2.10. The predicted molar refractivity (Wildman–Crippen MR) is 88.8 cm³/mol. The van der Waals surface area contributed by atoms with Crippen molar-refractivity contribution in [3.05, 3.63) is 54.0 Å². The molecule has 0 saturated carbocycles. The van der Waals surface area contributed by atoms with Crippen LogP contribution in [0.5, 0.6) is 11.6 Å². The number of carbonyl (C=O) groups is 1. The second-order valence-corrected chi connectivity index (χ2v) is 5.57. The number of alkyl halides is 3. The molecular formula is C18H18F4N2O3. The van der Waals surface area contributed by atoms with E-state index in [1.54, 1.807) is 18.2 Å². The van der Waals surface area contributed by atoms with E-state index >= 15 is 0 Å². The van der Waals surface area contributed by atoms with Gasteiger partial charge in [-0.3, -0.25) is 4.79 Å². The fraction of sp³-hybridized carbons (Fsp3) is 0.333. The fourth-order valence-electron chi connectivity index (χ4n) is 2.06. The fourth-order valence-corrected chi connectivity index (χ4v) is 2.06.